The maximum Gasteiger partial charge on any atom is 0.317 e. The second kappa shape index (κ2) is 8.48. The fraction of sp³-hybridized carbons (Fsp3) is 0.562. The summed E-state index contributed by atoms with van der Waals surface area (Å²) in [7, 11) is 4.94. The van der Waals surface area contributed by atoms with E-state index in [4.69, 9.17) is 19.3 Å². The van der Waals surface area contributed by atoms with Gasteiger partial charge in [0.15, 0.2) is 11.5 Å². The van der Waals surface area contributed by atoms with E-state index in [0.29, 0.717) is 5.75 Å². The lowest BCUT2D eigenvalue weighted by atomic mass is 10.1. The van der Waals surface area contributed by atoms with Crippen LogP contribution in [-0.4, -0.2) is 38.9 Å². The molecule has 6 nitrogen and oxygen atoms in total. The number of hydrogen-bond acceptors (Lipinski definition) is 5. The van der Waals surface area contributed by atoms with Crippen LogP contribution in [0.5, 0.6) is 17.2 Å². The zero-order valence-corrected chi connectivity index (χ0v) is 13.6. The van der Waals surface area contributed by atoms with Crippen LogP contribution >= 0.6 is 0 Å². The Kier molecular flexibility index (Phi) is 6.98. The Morgan fingerprint density at radius 3 is 1.95 bits per heavy atom. The van der Waals surface area contributed by atoms with Crippen molar-refractivity contribution in [2.75, 3.05) is 27.9 Å². The largest absolute Gasteiger partial charge is 0.493 e. The molecular weight excluding hydrogens is 286 g/mol. The van der Waals surface area contributed by atoms with E-state index in [1.807, 2.05) is 12.1 Å². The molecule has 3 N–H and O–H groups in total. The Morgan fingerprint density at radius 2 is 1.68 bits per heavy atom. The van der Waals surface area contributed by atoms with Crippen LogP contribution in [-0.2, 0) is 11.2 Å². The predicted octanol–water partition coefficient (Wildman–Crippen LogP) is 1.94. The van der Waals surface area contributed by atoms with Crippen molar-refractivity contribution in [1.82, 2.24) is 0 Å². The Morgan fingerprint density at radius 1 is 1.23 bits per heavy atom. The van der Waals surface area contributed by atoms with Gasteiger partial charge in [-0.2, -0.15) is 0 Å². The number of ether oxygens (including phenoxy) is 3. The summed E-state index contributed by atoms with van der Waals surface area (Å²) in [6.07, 6.45) is 2.43. The molecule has 0 saturated heterocycles. The molecule has 0 aliphatic heterocycles. The third kappa shape index (κ3) is 5.11. The SMILES string of the molecule is COc1cc(CC2CC2C)cc(OC)c1OC.NCC(=O)O. The Labute approximate surface area is 131 Å². The molecule has 0 amide bonds. The predicted molar refractivity (Wildman–Crippen MR) is 83.8 cm³/mol. The van der Waals surface area contributed by atoms with Crippen LogP contribution in [0.15, 0.2) is 12.1 Å². The van der Waals surface area contributed by atoms with Crippen molar-refractivity contribution in [2.24, 2.45) is 17.6 Å². The summed E-state index contributed by atoms with van der Waals surface area (Å²) in [4.78, 5) is 9.24. The lowest BCUT2D eigenvalue weighted by molar-refractivity contribution is -0.135. The van der Waals surface area contributed by atoms with Crippen molar-refractivity contribution < 1.29 is 24.1 Å². The number of carbonyl (C=O) groups is 1. The van der Waals surface area contributed by atoms with Crippen LogP contribution in [0.4, 0.5) is 0 Å². The zero-order valence-electron chi connectivity index (χ0n) is 13.6. The van der Waals surface area contributed by atoms with Gasteiger partial charge in [0.25, 0.3) is 0 Å². The molecule has 2 unspecified atom stereocenters. The number of carboxylic acid groups (broad SMARTS) is 1. The molecule has 1 aliphatic rings. The van der Waals surface area contributed by atoms with Crippen molar-refractivity contribution in [2.45, 2.75) is 19.8 Å². The number of methoxy groups -OCH3 is 3. The minimum atomic E-state index is -0.968. The molecule has 2 atom stereocenters. The van der Waals surface area contributed by atoms with Crippen molar-refractivity contribution >= 4 is 5.97 Å². The Balaban J connectivity index is 0.000000422. The van der Waals surface area contributed by atoms with E-state index in [9.17, 15) is 4.79 Å². The van der Waals surface area contributed by atoms with Crippen LogP contribution in [0.2, 0.25) is 0 Å². The van der Waals surface area contributed by atoms with Crippen molar-refractivity contribution in [3.63, 3.8) is 0 Å². The van der Waals surface area contributed by atoms with E-state index in [-0.39, 0.29) is 6.54 Å². The second-order valence-corrected chi connectivity index (χ2v) is 5.31. The summed E-state index contributed by atoms with van der Waals surface area (Å²) in [6.45, 7) is 2.02. The van der Waals surface area contributed by atoms with Gasteiger partial charge in [-0.1, -0.05) is 6.92 Å². The first-order chi connectivity index (χ1) is 10.5. The summed E-state index contributed by atoms with van der Waals surface area (Å²) in [5.41, 5.74) is 5.83. The van der Waals surface area contributed by atoms with Crippen molar-refractivity contribution in [1.29, 1.82) is 0 Å². The molecule has 124 valence electrons. The van der Waals surface area contributed by atoms with E-state index < -0.39 is 5.97 Å². The fourth-order valence-corrected chi connectivity index (χ4v) is 2.24. The van der Waals surface area contributed by atoms with E-state index in [1.165, 1.54) is 12.0 Å². The Hall–Kier alpha value is -1.95. The fourth-order valence-electron chi connectivity index (χ4n) is 2.24. The second-order valence-electron chi connectivity index (χ2n) is 5.31. The molecule has 1 fully saturated rings. The number of aliphatic carboxylic acids is 1. The topological polar surface area (TPSA) is 91.0 Å². The van der Waals surface area contributed by atoms with Gasteiger partial charge in [0.05, 0.1) is 27.9 Å². The average Bonchev–Trinajstić information content (AvgIpc) is 3.21. The summed E-state index contributed by atoms with van der Waals surface area (Å²) >= 11 is 0. The van der Waals surface area contributed by atoms with Gasteiger partial charge in [0, 0.05) is 0 Å². The van der Waals surface area contributed by atoms with Crippen molar-refractivity contribution in [3.8, 4) is 17.2 Å². The van der Waals surface area contributed by atoms with Crippen LogP contribution in [0, 0.1) is 11.8 Å². The average molecular weight is 311 g/mol. The lowest BCUT2D eigenvalue weighted by Crippen LogP contribution is -2.10. The molecule has 6 heteroatoms. The molecule has 0 aromatic heterocycles. The van der Waals surface area contributed by atoms with Crippen LogP contribution in [0.3, 0.4) is 0 Å². The highest BCUT2D eigenvalue weighted by Gasteiger charge is 2.32. The first-order valence-corrected chi connectivity index (χ1v) is 7.17. The molecule has 1 aliphatic carbocycles. The molecule has 1 aromatic rings. The molecule has 1 saturated carbocycles. The maximum atomic E-state index is 9.24. The summed E-state index contributed by atoms with van der Waals surface area (Å²) in [5.74, 6) is 2.87. The number of hydrogen-bond donors (Lipinski definition) is 2. The van der Waals surface area contributed by atoms with E-state index in [1.54, 1.807) is 21.3 Å². The normalized spacial score (nSPS) is 18.8. The summed E-state index contributed by atoms with van der Waals surface area (Å²) in [5, 5.41) is 7.60. The monoisotopic (exact) mass is 311 g/mol. The number of benzene rings is 1. The van der Waals surface area contributed by atoms with Gasteiger partial charge >= 0.3 is 5.97 Å². The van der Waals surface area contributed by atoms with Crippen LogP contribution in [0.1, 0.15) is 18.9 Å². The molecular formula is C16H25NO5. The maximum absolute atomic E-state index is 9.24. The highest BCUT2D eigenvalue weighted by atomic mass is 16.5. The van der Waals surface area contributed by atoms with Gasteiger partial charge in [-0.25, -0.2) is 0 Å². The van der Waals surface area contributed by atoms with E-state index in [0.717, 1.165) is 29.8 Å². The first-order valence-electron chi connectivity index (χ1n) is 7.17. The molecule has 0 radical (unpaired) electrons. The van der Waals surface area contributed by atoms with Gasteiger partial charge in [0.1, 0.15) is 0 Å². The number of carboxylic acids is 1. The molecule has 0 spiro atoms. The lowest BCUT2D eigenvalue weighted by Gasteiger charge is -2.14. The number of nitrogens with two attached hydrogens (primary N) is 1. The molecule has 22 heavy (non-hydrogen) atoms. The van der Waals surface area contributed by atoms with Gasteiger partial charge < -0.3 is 25.1 Å². The van der Waals surface area contributed by atoms with E-state index in [2.05, 4.69) is 12.7 Å². The zero-order chi connectivity index (χ0) is 16.7. The minimum Gasteiger partial charge on any atom is -0.493 e. The number of rotatable bonds is 6. The smallest absolute Gasteiger partial charge is 0.317 e. The van der Waals surface area contributed by atoms with Gasteiger partial charge in [-0.3, -0.25) is 4.79 Å². The third-order valence-corrected chi connectivity index (χ3v) is 3.67. The highest BCUT2D eigenvalue weighted by Crippen LogP contribution is 2.43. The standard InChI is InChI=1S/C14H20O3.C2H5NO2/c1-9-5-11(9)6-10-7-12(15-2)14(17-4)13(8-10)16-3;3-1-2(4)5/h7-9,11H,5-6H2,1-4H3;1,3H2,(H,4,5). The van der Waals surface area contributed by atoms with Gasteiger partial charge in [-0.05, 0) is 42.4 Å². The summed E-state index contributed by atoms with van der Waals surface area (Å²) in [6, 6.07) is 4.10. The Bertz CT molecular complexity index is 478. The molecule has 1 aromatic carbocycles. The van der Waals surface area contributed by atoms with Gasteiger partial charge in [-0.15, -0.1) is 0 Å². The first kappa shape index (κ1) is 18.1. The van der Waals surface area contributed by atoms with Crippen LogP contribution < -0.4 is 19.9 Å². The quantitative estimate of drug-likeness (QED) is 0.834. The van der Waals surface area contributed by atoms with Crippen LogP contribution in [0.25, 0.3) is 0 Å². The minimum absolute atomic E-state index is 0.278. The van der Waals surface area contributed by atoms with Gasteiger partial charge in [0.2, 0.25) is 5.75 Å². The molecule has 0 heterocycles. The molecule has 2 rings (SSSR count). The van der Waals surface area contributed by atoms with E-state index >= 15 is 0 Å². The summed E-state index contributed by atoms with van der Waals surface area (Å²) < 4.78 is 16.0. The molecule has 0 bridgehead atoms. The third-order valence-electron chi connectivity index (χ3n) is 3.67. The highest BCUT2D eigenvalue weighted by molar-refractivity contribution is 5.68. The van der Waals surface area contributed by atoms with Crippen molar-refractivity contribution in [3.05, 3.63) is 17.7 Å².